The first-order valence-electron chi connectivity index (χ1n) is 4.40. The lowest BCUT2D eigenvalue weighted by Crippen LogP contribution is -2.01. The van der Waals surface area contributed by atoms with Crippen LogP contribution >= 0.6 is 0 Å². The Balaban J connectivity index is 2.12. The molecule has 2 aromatic rings. The third-order valence-electron chi connectivity index (χ3n) is 1.79. The normalized spacial score (nSPS) is 12.3. The molecule has 0 N–H and O–H groups in total. The van der Waals surface area contributed by atoms with Gasteiger partial charge in [-0.05, 0) is 23.8 Å². The molecule has 0 spiro atoms. The van der Waals surface area contributed by atoms with Gasteiger partial charge in [-0.2, -0.15) is 0 Å². The van der Waals surface area contributed by atoms with Crippen molar-refractivity contribution >= 4 is 10.8 Å². The number of hydrogen-bond donors (Lipinski definition) is 0. The van der Waals surface area contributed by atoms with Crippen molar-refractivity contribution in [1.82, 2.24) is 15.0 Å². The summed E-state index contributed by atoms with van der Waals surface area (Å²) in [6.45, 7) is 0. The zero-order valence-corrected chi connectivity index (χ0v) is 8.72. The van der Waals surface area contributed by atoms with Crippen LogP contribution in [0.25, 0.3) is 0 Å². The molecular formula is C10H9N3OS. The second kappa shape index (κ2) is 4.75. The van der Waals surface area contributed by atoms with Crippen molar-refractivity contribution in [2.45, 2.75) is 10.9 Å². The van der Waals surface area contributed by atoms with Gasteiger partial charge in [-0.25, -0.2) is 9.97 Å². The fourth-order valence-corrected chi connectivity index (χ4v) is 2.08. The summed E-state index contributed by atoms with van der Waals surface area (Å²) in [5.74, 6) is 0.423. The molecule has 15 heavy (non-hydrogen) atoms. The van der Waals surface area contributed by atoms with Gasteiger partial charge in [0.1, 0.15) is 0 Å². The molecule has 0 amide bonds. The molecule has 0 aromatic carbocycles. The maximum Gasteiger partial charge on any atom is 0.218 e. The second-order valence-electron chi connectivity index (χ2n) is 2.88. The predicted molar refractivity (Wildman–Crippen MR) is 56.4 cm³/mol. The lowest BCUT2D eigenvalue weighted by molar-refractivity contribution is 0.675. The van der Waals surface area contributed by atoms with Gasteiger partial charge in [-0.15, -0.1) is 0 Å². The summed E-state index contributed by atoms with van der Waals surface area (Å²) >= 11 is 0. The Morgan fingerprint density at radius 2 is 1.73 bits per heavy atom. The number of nitrogens with zero attached hydrogens (tertiary/aromatic N) is 3. The molecule has 0 radical (unpaired) electrons. The molecule has 2 aromatic heterocycles. The molecule has 5 heteroatoms. The van der Waals surface area contributed by atoms with Crippen molar-refractivity contribution in [3.63, 3.8) is 0 Å². The Morgan fingerprint density at radius 3 is 2.40 bits per heavy atom. The standard InChI is InChI=1S/C10H9N3OS/c14-15(10-12-4-1-5-13-10)8-9-2-6-11-7-3-9/h1-7H,8H2. The summed E-state index contributed by atoms with van der Waals surface area (Å²) in [7, 11) is -1.18. The Hall–Kier alpha value is -1.62. The highest BCUT2D eigenvalue weighted by molar-refractivity contribution is 7.84. The Bertz CT molecular complexity index is 447. The first-order chi connectivity index (χ1) is 7.36. The summed E-state index contributed by atoms with van der Waals surface area (Å²) in [4.78, 5) is 11.8. The van der Waals surface area contributed by atoms with Crippen molar-refractivity contribution in [3.05, 3.63) is 48.5 Å². The molecule has 1 unspecified atom stereocenters. The molecule has 76 valence electrons. The largest absolute Gasteiger partial charge is 0.265 e. The highest BCUT2D eigenvalue weighted by atomic mass is 32.2. The molecule has 1 atom stereocenters. The summed E-state index contributed by atoms with van der Waals surface area (Å²) in [6, 6.07) is 5.37. The Labute approximate surface area is 89.9 Å². The molecule has 0 saturated heterocycles. The SMILES string of the molecule is O=S(Cc1ccncc1)c1ncccn1. The van der Waals surface area contributed by atoms with Crippen LogP contribution < -0.4 is 0 Å². The number of aromatic nitrogens is 3. The molecule has 0 saturated carbocycles. The smallest absolute Gasteiger partial charge is 0.218 e. The maximum atomic E-state index is 11.8. The second-order valence-corrected chi connectivity index (χ2v) is 4.22. The van der Waals surface area contributed by atoms with Gasteiger partial charge >= 0.3 is 0 Å². The fourth-order valence-electron chi connectivity index (χ4n) is 1.10. The van der Waals surface area contributed by atoms with Gasteiger partial charge in [-0.3, -0.25) is 9.19 Å². The van der Waals surface area contributed by atoms with Crippen LogP contribution in [0.4, 0.5) is 0 Å². The zero-order chi connectivity index (χ0) is 10.5. The Kier molecular flexibility index (Phi) is 3.14. The van der Waals surface area contributed by atoms with E-state index in [9.17, 15) is 4.21 Å². The van der Waals surface area contributed by atoms with E-state index in [1.165, 1.54) is 0 Å². The number of pyridine rings is 1. The first-order valence-corrected chi connectivity index (χ1v) is 5.72. The van der Waals surface area contributed by atoms with Gasteiger partial charge < -0.3 is 0 Å². The highest BCUT2D eigenvalue weighted by Gasteiger charge is 2.06. The lowest BCUT2D eigenvalue weighted by Gasteiger charge is -1.99. The van der Waals surface area contributed by atoms with Gasteiger partial charge in [0.05, 0.1) is 16.6 Å². The lowest BCUT2D eigenvalue weighted by atomic mass is 10.3. The van der Waals surface area contributed by atoms with Crippen molar-refractivity contribution in [2.75, 3.05) is 0 Å². The van der Waals surface area contributed by atoms with Crippen LogP contribution in [0.2, 0.25) is 0 Å². The average Bonchev–Trinajstić information content (AvgIpc) is 2.31. The van der Waals surface area contributed by atoms with E-state index in [1.54, 1.807) is 30.9 Å². The van der Waals surface area contributed by atoms with E-state index in [1.807, 2.05) is 12.1 Å². The summed E-state index contributed by atoms with van der Waals surface area (Å²) in [5.41, 5.74) is 0.968. The van der Waals surface area contributed by atoms with Crippen LogP contribution in [0.1, 0.15) is 5.56 Å². The van der Waals surface area contributed by atoms with Crippen LogP contribution in [0, 0.1) is 0 Å². The van der Waals surface area contributed by atoms with Crippen molar-refractivity contribution in [2.24, 2.45) is 0 Å². The summed E-state index contributed by atoms with van der Waals surface area (Å²) in [6.07, 6.45) is 6.54. The van der Waals surface area contributed by atoms with Crippen LogP contribution in [-0.2, 0) is 16.6 Å². The van der Waals surface area contributed by atoms with E-state index in [0.29, 0.717) is 10.9 Å². The third-order valence-corrected chi connectivity index (χ3v) is 3.01. The van der Waals surface area contributed by atoms with Crippen molar-refractivity contribution < 1.29 is 4.21 Å². The minimum atomic E-state index is -1.18. The first kappa shape index (κ1) is 9.92. The number of rotatable bonds is 3. The number of hydrogen-bond acceptors (Lipinski definition) is 4. The third kappa shape index (κ3) is 2.66. The van der Waals surface area contributed by atoms with E-state index in [2.05, 4.69) is 15.0 Å². The van der Waals surface area contributed by atoms with Crippen LogP contribution in [0.3, 0.4) is 0 Å². The van der Waals surface area contributed by atoms with Crippen LogP contribution in [-0.4, -0.2) is 19.2 Å². The molecule has 0 bridgehead atoms. The minimum absolute atomic E-state index is 0.370. The van der Waals surface area contributed by atoms with Crippen LogP contribution in [0.15, 0.2) is 48.1 Å². The average molecular weight is 219 g/mol. The van der Waals surface area contributed by atoms with E-state index >= 15 is 0 Å². The molecular weight excluding hydrogens is 210 g/mol. The monoisotopic (exact) mass is 219 g/mol. The molecule has 0 fully saturated rings. The molecule has 0 aliphatic rings. The van der Waals surface area contributed by atoms with E-state index in [4.69, 9.17) is 0 Å². The van der Waals surface area contributed by atoms with Gasteiger partial charge in [0, 0.05) is 24.8 Å². The maximum absolute atomic E-state index is 11.8. The van der Waals surface area contributed by atoms with Crippen molar-refractivity contribution in [1.29, 1.82) is 0 Å². The van der Waals surface area contributed by atoms with Crippen molar-refractivity contribution in [3.8, 4) is 0 Å². The molecule has 2 heterocycles. The summed E-state index contributed by atoms with van der Waals surface area (Å²) < 4.78 is 11.8. The highest BCUT2D eigenvalue weighted by Crippen LogP contribution is 2.06. The fraction of sp³-hybridized carbons (Fsp3) is 0.100. The van der Waals surface area contributed by atoms with Gasteiger partial charge in [-0.1, -0.05) is 0 Å². The Morgan fingerprint density at radius 1 is 1.07 bits per heavy atom. The summed E-state index contributed by atoms with van der Waals surface area (Å²) in [5, 5.41) is 0.370. The van der Waals surface area contributed by atoms with Crippen LogP contribution in [0.5, 0.6) is 0 Å². The zero-order valence-electron chi connectivity index (χ0n) is 7.91. The predicted octanol–water partition coefficient (Wildman–Crippen LogP) is 1.18. The van der Waals surface area contributed by atoms with Gasteiger partial charge in [0.15, 0.2) is 0 Å². The van der Waals surface area contributed by atoms with Gasteiger partial charge in [0.25, 0.3) is 0 Å². The quantitative estimate of drug-likeness (QED) is 0.727. The van der Waals surface area contributed by atoms with E-state index in [-0.39, 0.29) is 0 Å². The molecule has 2 rings (SSSR count). The van der Waals surface area contributed by atoms with Gasteiger partial charge in [0.2, 0.25) is 5.16 Å². The minimum Gasteiger partial charge on any atom is -0.265 e. The molecule has 0 aliphatic carbocycles. The van der Waals surface area contributed by atoms with E-state index < -0.39 is 10.8 Å². The molecule has 4 nitrogen and oxygen atoms in total. The van der Waals surface area contributed by atoms with E-state index in [0.717, 1.165) is 5.56 Å². The molecule has 0 aliphatic heterocycles. The topological polar surface area (TPSA) is 55.7 Å².